The van der Waals surface area contributed by atoms with Gasteiger partial charge in [-0.1, -0.05) is 54.6 Å². The van der Waals surface area contributed by atoms with Crippen LogP contribution < -0.4 is 5.73 Å². The van der Waals surface area contributed by atoms with Crippen molar-refractivity contribution in [3.05, 3.63) is 96.6 Å². The fourth-order valence-corrected chi connectivity index (χ4v) is 3.08. The van der Waals surface area contributed by atoms with Crippen molar-refractivity contribution >= 4 is 33.5 Å². The average molecular weight is 379 g/mol. The van der Waals surface area contributed by atoms with Crippen LogP contribution in [0.2, 0.25) is 0 Å². The van der Waals surface area contributed by atoms with Gasteiger partial charge in [0, 0.05) is 5.39 Å². The van der Waals surface area contributed by atoms with E-state index < -0.39 is 0 Å². The summed E-state index contributed by atoms with van der Waals surface area (Å²) in [5.74, 6) is 0. The molecule has 2 N–H and O–H groups in total. The van der Waals surface area contributed by atoms with Crippen molar-refractivity contribution in [2.24, 2.45) is 26.2 Å². The van der Waals surface area contributed by atoms with Crippen LogP contribution in [0, 0.1) is 0 Å². The summed E-state index contributed by atoms with van der Waals surface area (Å²) in [7, 11) is 0. The predicted octanol–water partition coefficient (Wildman–Crippen LogP) is 7.17. The van der Waals surface area contributed by atoms with Crippen molar-refractivity contribution in [3.8, 4) is 0 Å². The van der Waals surface area contributed by atoms with Crippen LogP contribution in [0.4, 0.5) is 22.7 Å². The van der Waals surface area contributed by atoms with E-state index in [0.29, 0.717) is 6.54 Å². The van der Waals surface area contributed by atoms with Crippen molar-refractivity contribution in [2.45, 2.75) is 6.42 Å². The van der Waals surface area contributed by atoms with Gasteiger partial charge in [-0.25, -0.2) is 0 Å². The topological polar surface area (TPSA) is 75.5 Å². The maximum Gasteiger partial charge on any atom is 0.0967 e. The number of hydrogen-bond acceptors (Lipinski definition) is 5. The summed E-state index contributed by atoms with van der Waals surface area (Å²) in [5.41, 5.74) is 10.1. The van der Waals surface area contributed by atoms with Crippen molar-refractivity contribution in [2.75, 3.05) is 6.54 Å². The second kappa shape index (κ2) is 8.99. The molecule has 0 heterocycles. The Balaban J connectivity index is 1.58. The van der Waals surface area contributed by atoms with Gasteiger partial charge in [-0.3, -0.25) is 0 Å². The normalized spacial score (nSPS) is 11.6. The van der Waals surface area contributed by atoms with Crippen molar-refractivity contribution in [1.29, 1.82) is 0 Å². The molecule has 29 heavy (non-hydrogen) atoms. The average Bonchev–Trinajstić information content (AvgIpc) is 2.78. The zero-order valence-electron chi connectivity index (χ0n) is 15.9. The molecule has 0 fully saturated rings. The first kappa shape index (κ1) is 18.7. The standard InChI is InChI=1S/C24H21N5/c25-17-16-19-11-10-18-6-4-5-9-23(18)24(19)29-28-22-14-12-21(13-15-22)27-26-20-7-2-1-3-8-20/h1-15H,16-17,25H2/b27-26-,29-28?. The second-order valence-corrected chi connectivity index (χ2v) is 6.59. The highest BCUT2D eigenvalue weighted by atomic mass is 15.1. The maximum atomic E-state index is 5.78. The number of rotatable bonds is 6. The SMILES string of the molecule is NCCc1ccc2ccccc2c1N=Nc1ccc(/N=N\c2ccccc2)cc1. The quantitative estimate of drug-likeness (QED) is 0.354. The fourth-order valence-electron chi connectivity index (χ4n) is 3.08. The van der Waals surface area contributed by atoms with Gasteiger partial charge in [0.2, 0.25) is 0 Å². The Kier molecular flexibility index (Phi) is 5.78. The molecule has 0 unspecified atom stereocenters. The molecule has 0 bridgehead atoms. The third-order valence-corrected chi connectivity index (χ3v) is 4.55. The fraction of sp³-hybridized carbons (Fsp3) is 0.0833. The maximum absolute atomic E-state index is 5.78. The van der Waals surface area contributed by atoms with E-state index >= 15 is 0 Å². The lowest BCUT2D eigenvalue weighted by Crippen LogP contribution is -2.02. The molecule has 0 amide bonds. The lowest BCUT2D eigenvalue weighted by molar-refractivity contribution is 0.966. The van der Waals surface area contributed by atoms with E-state index in [2.05, 4.69) is 44.7 Å². The molecule has 0 atom stereocenters. The molecule has 142 valence electrons. The molecule has 4 rings (SSSR count). The van der Waals surface area contributed by atoms with E-state index in [1.54, 1.807) is 0 Å². The summed E-state index contributed by atoms with van der Waals surface area (Å²) in [5, 5.41) is 19.7. The number of nitrogens with two attached hydrogens (primary N) is 1. The van der Waals surface area contributed by atoms with Crippen LogP contribution in [0.3, 0.4) is 0 Å². The van der Waals surface area contributed by atoms with E-state index in [1.165, 1.54) is 0 Å². The summed E-state index contributed by atoms with van der Waals surface area (Å²) in [6.07, 6.45) is 0.762. The van der Waals surface area contributed by atoms with Gasteiger partial charge in [0.15, 0.2) is 0 Å². The van der Waals surface area contributed by atoms with Gasteiger partial charge in [0.1, 0.15) is 0 Å². The largest absolute Gasteiger partial charge is 0.330 e. The zero-order valence-corrected chi connectivity index (χ0v) is 15.9. The number of fused-ring (bicyclic) bond motifs is 1. The van der Waals surface area contributed by atoms with Gasteiger partial charge in [-0.15, -0.1) is 5.11 Å². The molecule has 0 aromatic heterocycles. The Morgan fingerprint density at radius 3 is 1.83 bits per heavy atom. The second-order valence-electron chi connectivity index (χ2n) is 6.59. The molecule has 0 saturated carbocycles. The Bertz CT molecular complexity index is 1150. The monoisotopic (exact) mass is 379 g/mol. The van der Waals surface area contributed by atoms with E-state index in [1.807, 2.05) is 66.7 Å². The third kappa shape index (κ3) is 4.59. The highest BCUT2D eigenvalue weighted by Gasteiger charge is 2.06. The Labute approximate surface area is 169 Å². The van der Waals surface area contributed by atoms with Crippen LogP contribution in [-0.2, 0) is 6.42 Å². The van der Waals surface area contributed by atoms with E-state index in [-0.39, 0.29) is 0 Å². The number of benzene rings is 4. The molecule has 0 aliphatic heterocycles. The molecule has 0 spiro atoms. The predicted molar refractivity (Wildman–Crippen MR) is 118 cm³/mol. The number of nitrogens with zero attached hydrogens (tertiary/aromatic N) is 4. The van der Waals surface area contributed by atoms with E-state index in [0.717, 1.165) is 45.5 Å². The smallest absolute Gasteiger partial charge is 0.0967 e. The number of hydrogen-bond donors (Lipinski definition) is 1. The van der Waals surface area contributed by atoms with Gasteiger partial charge in [-0.2, -0.15) is 15.3 Å². The number of azo groups is 2. The highest BCUT2D eigenvalue weighted by molar-refractivity contribution is 5.94. The summed E-state index contributed by atoms with van der Waals surface area (Å²) in [6, 6.07) is 29.5. The third-order valence-electron chi connectivity index (χ3n) is 4.55. The summed E-state index contributed by atoms with van der Waals surface area (Å²) in [6.45, 7) is 0.571. The molecule has 0 radical (unpaired) electrons. The Morgan fingerprint density at radius 2 is 1.14 bits per heavy atom. The minimum atomic E-state index is 0.571. The van der Waals surface area contributed by atoms with E-state index in [4.69, 9.17) is 5.73 Å². The summed E-state index contributed by atoms with van der Waals surface area (Å²) in [4.78, 5) is 0. The molecule has 0 aliphatic rings. The van der Waals surface area contributed by atoms with Gasteiger partial charge in [-0.05, 0) is 60.3 Å². The van der Waals surface area contributed by atoms with Gasteiger partial charge < -0.3 is 5.73 Å². The minimum absolute atomic E-state index is 0.571. The minimum Gasteiger partial charge on any atom is -0.330 e. The lowest BCUT2D eigenvalue weighted by Gasteiger charge is -2.07. The summed E-state index contributed by atoms with van der Waals surface area (Å²) < 4.78 is 0. The van der Waals surface area contributed by atoms with Crippen LogP contribution in [0.15, 0.2) is 111 Å². The molecule has 5 nitrogen and oxygen atoms in total. The van der Waals surface area contributed by atoms with Gasteiger partial charge in [0.05, 0.1) is 22.7 Å². The van der Waals surface area contributed by atoms with Crippen LogP contribution in [0.5, 0.6) is 0 Å². The lowest BCUT2D eigenvalue weighted by atomic mass is 10.0. The first-order valence-electron chi connectivity index (χ1n) is 9.53. The van der Waals surface area contributed by atoms with E-state index in [9.17, 15) is 0 Å². The van der Waals surface area contributed by atoms with Crippen LogP contribution in [0.1, 0.15) is 5.56 Å². The molecule has 0 aliphatic carbocycles. The van der Waals surface area contributed by atoms with Crippen LogP contribution in [-0.4, -0.2) is 6.54 Å². The van der Waals surface area contributed by atoms with Crippen LogP contribution in [0.25, 0.3) is 10.8 Å². The van der Waals surface area contributed by atoms with Crippen LogP contribution >= 0.6 is 0 Å². The molecule has 5 heteroatoms. The van der Waals surface area contributed by atoms with Crippen molar-refractivity contribution in [3.63, 3.8) is 0 Å². The highest BCUT2D eigenvalue weighted by Crippen LogP contribution is 2.32. The Hall–Kier alpha value is -3.70. The molecular formula is C24H21N5. The van der Waals surface area contributed by atoms with Crippen molar-refractivity contribution < 1.29 is 0 Å². The zero-order chi connectivity index (χ0) is 19.9. The molecular weight excluding hydrogens is 358 g/mol. The van der Waals surface area contributed by atoms with Crippen molar-refractivity contribution in [1.82, 2.24) is 0 Å². The van der Waals surface area contributed by atoms with Gasteiger partial charge >= 0.3 is 0 Å². The first-order valence-corrected chi connectivity index (χ1v) is 9.53. The Morgan fingerprint density at radius 1 is 0.552 bits per heavy atom. The van der Waals surface area contributed by atoms with Gasteiger partial charge in [0.25, 0.3) is 0 Å². The first-order chi connectivity index (χ1) is 14.3. The molecule has 4 aromatic carbocycles. The summed E-state index contributed by atoms with van der Waals surface area (Å²) >= 11 is 0. The molecule has 0 saturated heterocycles. The molecule has 4 aromatic rings.